The van der Waals surface area contributed by atoms with Crippen LogP contribution in [0.1, 0.15) is 6.92 Å². The van der Waals surface area contributed by atoms with Crippen LogP contribution in [0.3, 0.4) is 0 Å². The monoisotopic (exact) mass is 236 g/mol. The smallest absolute Gasteiger partial charge is 0.327 e. The maximum atomic E-state index is 11.4. The number of rotatable bonds is 4. The Bertz CT molecular complexity index is 537. The Morgan fingerprint density at radius 3 is 3.06 bits per heavy atom. The standard InChI is InChI=1S/C10H12N4O3/c1-3-17-8(15)6-14-7-4-5-11-10(16-2)9(7)12-13-14/h4-5H,3,6H2,1-2H3. The van der Waals surface area contributed by atoms with E-state index >= 15 is 0 Å². The van der Waals surface area contributed by atoms with Crippen LogP contribution in [-0.4, -0.2) is 39.7 Å². The zero-order chi connectivity index (χ0) is 12.3. The predicted molar refractivity (Wildman–Crippen MR) is 58.5 cm³/mol. The Hall–Kier alpha value is -2.18. The lowest BCUT2D eigenvalue weighted by Crippen LogP contribution is -2.14. The van der Waals surface area contributed by atoms with Gasteiger partial charge in [0.2, 0.25) is 5.88 Å². The Morgan fingerprint density at radius 2 is 2.35 bits per heavy atom. The lowest BCUT2D eigenvalue weighted by molar-refractivity contribution is -0.143. The first-order chi connectivity index (χ1) is 8.26. The van der Waals surface area contributed by atoms with E-state index in [2.05, 4.69) is 15.3 Å². The maximum absolute atomic E-state index is 11.4. The van der Waals surface area contributed by atoms with Crippen molar-refractivity contribution < 1.29 is 14.3 Å². The zero-order valence-corrected chi connectivity index (χ0v) is 9.58. The van der Waals surface area contributed by atoms with E-state index in [1.165, 1.54) is 11.8 Å². The predicted octanol–water partition coefficient (Wildman–Crippen LogP) is 0.398. The maximum Gasteiger partial charge on any atom is 0.327 e. The molecular weight excluding hydrogens is 224 g/mol. The molecule has 2 aromatic rings. The Balaban J connectivity index is 2.33. The topological polar surface area (TPSA) is 79.1 Å². The van der Waals surface area contributed by atoms with E-state index < -0.39 is 0 Å². The van der Waals surface area contributed by atoms with Gasteiger partial charge in [-0.2, -0.15) is 0 Å². The van der Waals surface area contributed by atoms with Gasteiger partial charge in [-0.15, -0.1) is 5.10 Å². The van der Waals surface area contributed by atoms with Crippen LogP contribution in [0, 0.1) is 0 Å². The molecule has 0 aromatic carbocycles. The van der Waals surface area contributed by atoms with Gasteiger partial charge in [-0.3, -0.25) is 4.79 Å². The molecule has 0 aliphatic carbocycles. The highest BCUT2D eigenvalue weighted by Gasteiger charge is 2.13. The third-order valence-corrected chi connectivity index (χ3v) is 2.18. The minimum absolute atomic E-state index is 0.0253. The molecule has 0 radical (unpaired) electrons. The van der Waals surface area contributed by atoms with Crippen molar-refractivity contribution in [1.82, 2.24) is 20.0 Å². The van der Waals surface area contributed by atoms with Crippen LogP contribution in [0.2, 0.25) is 0 Å². The summed E-state index contributed by atoms with van der Waals surface area (Å²) in [5.74, 6) is 0.0349. The molecule has 90 valence electrons. The number of fused-ring (bicyclic) bond motifs is 1. The summed E-state index contributed by atoms with van der Waals surface area (Å²) in [7, 11) is 1.51. The van der Waals surface area contributed by atoms with Crippen LogP contribution >= 0.6 is 0 Å². The average Bonchev–Trinajstić information content (AvgIpc) is 2.73. The van der Waals surface area contributed by atoms with Crippen LogP contribution in [-0.2, 0) is 16.1 Å². The molecule has 0 spiro atoms. The number of carbonyl (C=O) groups excluding carboxylic acids is 1. The summed E-state index contributed by atoms with van der Waals surface area (Å²) < 4.78 is 11.4. The number of ether oxygens (including phenoxy) is 2. The highest BCUT2D eigenvalue weighted by atomic mass is 16.5. The summed E-state index contributed by atoms with van der Waals surface area (Å²) in [6, 6.07) is 1.72. The van der Waals surface area contributed by atoms with Gasteiger partial charge >= 0.3 is 5.97 Å². The van der Waals surface area contributed by atoms with Gasteiger partial charge in [0, 0.05) is 6.20 Å². The second-order valence-corrected chi connectivity index (χ2v) is 3.24. The van der Waals surface area contributed by atoms with Crippen LogP contribution in [0.25, 0.3) is 11.0 Å². The quantitative estimate of drug-likeness (QED) is 0.715. The van der Waals surface area contributed by atoms with Gasteiger partial charge < -0.3 is 9.47 Å². The minimum atomic E-state index is -0.352. The molecule has 0 amide bonds. The fraction of sp³-hybridized carbons (Fsp3) is 0.400. The number of hydrogen-bond acceptors (Lipinski definition) is 6. The SMILES string of the molecule is CCOC(=O)Cn1nnc2c(OC)nccc21. The van der Waals surface area contributed by atoms with Gasteiger partial charge in [-0.1, -0.05) is 5.21 Å². The Morgan fingerprint density at radius 1 is 1.53 bits per heavy atom. The third kappa shape index (κ3) is 2.17. The highest BCUT2D eigenvalue weighted by molar-refractivity contribution is 5.80. The molecule has 0 aliphatic rings. The van der Waals surface area contributed by atoms with Crippen LogP contribution in [0.5, 0.6) is 5.88 Å². The number of aromatic nitrogens is 4. The van der Waals surface area contributed by atoms with Gasteiger partial charge in [-0.05, 0) is 13.0 Å². The zero-order valence-electron chi connectivity index (χ0n) is 9.58. The van der Waals surface area contributed by atoms with Gasteiger partial charge in [0.1, 0.15) is 6.54 Å². The summed E-state index contributed by atoms with van der Waals surface area (Å²) in [6.45, 7) is 2.12. The van der Waals surface area contributed by atoms with Crippen LogP contribution in [0.4, 0.5) is 0 Å². The molecule has 0 aliphatic heterocycles. The van der Waals surface area contributed by atoms with Crippen molar-refractivity contribution in [3.63, 3.8) is 0 Å². The molecule has 2 heterocycles. The van der Waals surface area contributed by atoms with Crippen LogP contribution < -0.4 is 4.74 Å². The molecule has 0 bridgehead atoms. The summed E-state index contributed by atoms with van der Waals surface area (Å²) in [4.78, 5) is 15.4. The summed E-state index contributed by atoms with van der Waals surface area (Å²) in [6.07, 6.45) is 1.58. The minimum Gasteiger partial charge on any atom is -0.479 e. The van der Waals surface area contributed by atoms with Crippen molar-refractivity contribution >= 4 is 17.0 Å². The fourth-order valence-electron chi connectivity index (χ4n) is 1.47. The lowest BCUT2D eigenvalue weighted by atomic mass is 10.4. The normalized spacial score (nSPS) is 10.5. The van der Waals surface area contributed by atoms with E-state index in [1.807, 2.05) is 0 Å². The largest absolute Gasteiger partial charge is 0.479 e. The Kier molecular flexibility index (Phi) is 3.17. The first-order valence-corrected chi connectivity index (χ1v) is 5.14. The van der Waals surface area contributed by atoms with E-state index in [9.17, 15) is 4.79 Å². The molecule has 0 saturated carbocycles. The van der Waals surface area contributed by atoms with E-state index in [1.54, 1.807) is 19.2 Å². The van der Waals surface area contributed by atoms with Gasteiger partial charge in [0.25, 0.3) is 0 Å². The number of pyridine rings is 1. The fourth-order valence-corrected chi connectivity index (χ4v) is 1.47. The molecule has 0 fully saturated rings. The van der Waals surface area contributed by atoms with Crippen molar-refractivity contribution in [1.29, 1.82) is 0 Å². The number of nitrogens with zero attached hydrogens (tertiary/aromatic N) is 4. The third-order valence-electron chi connectivity index (χ3n) is 2.18. The highest BCUT2D eigenvalue weighted by Crippen LogP contribution is 2.19. The summed E-state index contributed by atoms with van der Waals surface area (Å²) in [5, 5.41) is 7.79. The first-order valence-electron chi connectivity index (χ1n) is 5.14. The average molecular weight is 236 g/mol. The molecule has 0 N–H and O–H groups in total. The van der Waals surface area contributed by atoms with Gasteiger partial charge in [0.15, 0.2) is 5.52 Å². The second kappa shape index (κ2) is 4.77. The van der Waals surface area contributed by atoms with Crippen molar-refractivity contribution in [3.8, 4) is 5.88 Å². The molecule has 0 saturated heterocycles. The number of hydrogen-bond donors (Lipinski definition) is 0. The van der Waals surface area contributed by atoms with Crippen molar-refractivity contribution in [2.45, 2.75) is 13.5 Å². The summed E-state index contributed by atoms with van der Waals surface area (Å²) in [5.41, 5.74) is 1.21. The molecule has 2 aromatic heterocycles. The molecule has 7 heteroatoms. The Labute approximate surface area is 97.3 Å². The van der Waals surface area contributed by atoms with Crippen molar-refractivity contribution in [3.05, 3.63) is 12.3 Å². The van der Waals surface area contributed by atoms with E-state index in [0.717, 1.165) is 0 Å². The second-order valence-electron chi connectivity index (χ2n) is 3.24. The van der Waals surface area contributed by atoms with Gasteiger partial charge in [-0.25, -0.2) is 9.67 Å². The summed E-state index contributed by atoms with van der Waals surface area (Å²) >= 11 is 0. The van der Waals surface area contributed by atoms with E-state index in [0.29, 0.717) is 23.5 Å². The van der Waals surface area contributed by atoms with E-state index in [4.69, 9.17) is 9.47 Å². The van der Waals surface area contributed by atoms with E-state index in [-0.39, 0.29) is 12.5 Å². The molecule has 0 unspecified atom stereocenters. The first kappa shape index (κ1) is 11.3. The van der Waals surface area contributed by atoms with Crippen molar-refractivity contribution in [2.75, 3.05) is 13.7 Å². The molecule has 7 nitrogen and oxygen atoms in total. The molecule has 0 atom stereocenters. The van der Waals surface area contributed by atoms with Crippen LogP contribution in [0.15, 0.2) is 12.3 Å². The molecule has 2 rings (SSSR count). The molecular formula is C10H12N4O3. The lowest BCUT2D eigenvalue weighted by Gasteiger charge is -2.02. The number of methoxy groups -OCH3 is 1. The number of carbonyl (C=O) groups is 1. The number of esters is 1. The van der Waals surface area contributed by atoms with Crippen molar-refractivity contribution in [2.24, 2.45) is 0 Å². The molecule has 17 heavy (non-hydrogen) atoms. The van der Waals surface area contributed by atoms with Gasteiger partial charge in [0.05, 0.1) is 19.2 Å².